The smallest absolute Gasteiger partial charge is 0.416 e. The topological polar surface area (TPSA) is 114 Å². The molecular weight excluding hydrogens is 675 g/mol. The number of hydrogen-bond donors (Lipinski definition) is 3. The first-order chi connectivity index (χ1) is 21.4. The molecule has 0 atom stereocenters. The van der Waals surface area contributed by atoms with Crippen molar-refractivity contribution in [2.24, 2.45) is 0 Å². The van der Waals surface area contributed by atoms with Gasteiger partial charge in [-0.1, -0.05) is 18.1 Å². The maximum absolute atomic E-state index is 13.1. The Morgan fingerprint density at radius 3 is 2.18 bits per heavy atom. The number of aromatic nitrogens is 2. The minimum absolute atomic E-state index is 0.142. The van der Waals surface area contributed by atoms with E-state index in [0.29, 0.717) is 57.3 Å². The van der Waals surface area contributed by atoms with E-state index < -0.39 is 21.8 Å². The molecule has 5 rings (SSSR count). The van der Waals surface area contributed by atoms with Gasteiger partial charge in [0.05, 0.1) is 31.0 Å². The monoisotopic (exact) mass is 697 g/mol. The summed E-state index contributed by atoms with van der Waals surface area (Å²) in [5.74, 6) is 4.09. The van der Waals surface area contributed by atoms with Crippen molar-refractivity contribution in [3.8, 4) is 23.8 Å². The molecule has 3 N–H and O–H groups in total. The van der Waals surface area contributed by atoms with Gasteiger partial charge in [0.2, 0.25) is 5.95 Å². The largest absolute Gasteiger partial charge is 0.493 e. The number of terminal acetylenes is 1. The van der Waals surface area contributed by atoms with E-state index in [1.165, 1.54) is 26.4 Å². The van der Waals surface area contributed by atoms with E-state index in [-0.39, 0.29) is 21.0 Å². The van der Waals surface area contributed by atoms with Crippen LogP contribution in [0.15, 0.2) is 88.2 Å². The summed E-state index contributed by atoms with van der Waals surface area (Å²) >= 11 is 2.94. The summed E-state index contributed by atoms with van der Waals surface area (Å²) in [7, 11) is -1.24. The predicted octanol–water partition coefficient (Wildman–Crippen LogP) is 7.70. The molecule has 0 unspecified atom stereocenters. The fourth-order valence-electron chi connectivity index (χ4n) is 4.33. The lowest BCUT2D eigenvalue weighted by molar-refractivity contribution is -0.137. The number of anilines is 5. The fraction of sp³-hybridized carbons (Fsp3) is 0.0968. The Morgan fingerprint density at radius 2 is 1.51 bits per heavy atom. The highest BCUT2D eigenvalue weighted by atomic mass is 79.9. The van der Waals surface area contributed by atoms with Crippen LogP contribution in [-0.4, -0.2) is 32.6 Å². The second-order valence-corrected chi connectivity index (χ2v) is 11.9. The summed E-state index contributed by atoms with van der Waals surface area (Å²) in [6.45, 7) is 0. The van der Waals surface area contributed by atoms with E-state index >= 15 is 0 Å². The molecule has 45 heavy (non-hydrogen) atoms. The zero-order valence-corrected chi connectivity index (χ0v) is 25.9. The maximum Gasteiger partial charge on any atom is 0.416 e. The number of rotatable bonds is 9. The van der Waals surface area contributed by atoms with Crippen LogP contribution >= 0.6 is 15.9 Å². The summed E-state index contributed by atoms with van der Waals surface area (Å²) < 4.78 is 78.4. The average molecular weight is 699 g/mol. The quantitative estimate of drug-likeness (QED) is 0.134. The third-order valence-corrected chi connectivity index (χ3v) is 8.77. The Kier molecular flexibility index (Phi) is 8.76. The average Bonchev–Trinajstić information content (AvgIpc) is 2.99. The predicted molar refractivity (Wildman–Crippen MR) is 170 cm³/mol. The summed E-state index contributed by atoms with van der Waals surface area (Å²) in [5, 5.41) is 6.96. The molecule has 0 bridgehead atoms. The Labute approximate surface area is 265 Å². The Morgan fingerprint density at radius 1 is 0.844 bits per heavy atom. The molecule has 0 spiro atoms. The Balaban J connectivity index is 1.48. The molecule has 0 fully saturated rings. The van der Waals surface area contributed by atoms with Crippen LogP contribution in [0.1, 0.15) is 11.1 Å². The van der Waals surface area contributed by atoms with Crippen LogP contribution in [0.3, 0.4) is 0 Å². The van der Waals surface area contributed by atoms with Crippen LogP contribution in [0.4, 0.5) is 42.0 Å². The number of hydrogen-bond acceptors (Lipinski definition) is 8. The first-order valence-electron chi connectivity index (χ1n) is 12.9. The van der Waals surface area contributed by atoms with E-state index in [1.807, 2.05) is 6.07 Å². The van der Waals surface area contributed by atoms with Crippen molar-refractivity contribution in [1.82, 2.24) is 9.97 Å². The van der Waals surface area contributed by atoms with Gasteiger partial charge < -0.3 is 20.1 Å². The van der Waals surface area contributed by atoms with Gasteiger partial charge in [-0.3, -0.25) is 4.72 Å². The van der Waals surface area contributed by atoms with Gasteiger partial charge in [0.15, 0.2) is 11.5 Å². The van der Waals surface area contributed by atoms with Crippen molar-refractivity contribution in [3.63, 3.8) is 0 Å². The van der Waals surface area contributed by atoms with Crippen molar-refractivity contribution in [2.75, 3.05) is 29.6 Å². The normalized spacial score (nSPS) is 11.5. The van der Waals surface area contributed by atoms with Crippen molar-refractivity contribution in [2.45, 2.75) is 11.1 Å². The number of sulfonamides is 1. The van der Waals surface area contributed by atoms with Crippen LogP contribution in [0.25, 0.3) is 10.9 Å². The number of benzene rings is 4. The molecule has 0 aliphatic rings. The van der Waals surface area contributed by atoms with Crippen LogP contribution in [-0.2, 0) is 16.2 Å². The number of alkyl halides is 3. The van der Waals surface area contributed by atoms with E-state index in [4.69, 9.17) is 15.9 Å². The maximum atomic E-state index is 13.1. The van der Waals surface area contributed by atoms with E-state index in [2.05, 4.69) is 47.2 Å². The molecule has 14 heteroatoms. The van der Waals surface area contributed by atoms with Gasteiger partial charge >= 0.3 is 6.18 Å². The standard InChI is InChI=1S/C31H23BrF3N5O4S/c1-4-18-7-5-8-20(13-18)36-29-23-16-26(43-2)27(44-3)17-25(23)38-30(39-29)37-21-9-6-10-22(15-21)40-45(41,42)28-12-11-19(14-24(28)32)31(33,34)35/h1,5-17,40H,2-3H3,(H2,36,37,38,39). The van der Waals surface area contributed by atoms with Crippen molar-refractivity contribution >= 4 is 65.7 Å². The van der Waals surface area contributed by atoms with Crippen molar-refractivity contribution < 1.29 is 31.1 Å². The highest BCUT2D eigenvalue weighted by Crippen LogP contribution is 2.37. The summed E-state index contributed by atoms with van der Waals surface area (Å²) in [6, 6.07) is 19.2. The molecule has 4 aromatic carbocycles. The molecule has 1 aromatic heterocycles. The number of nitrogens with one attached hydrogen (secondary N) is 3. The van der Waals surface area contributed by atoms with E-state index in [0.717, 1.165) is 6.07 Å². The Hall–Kier alpha value is -5.00. The van der Waals surface area contributed by atoms with Crippen molar-refractivity contribution in [3.05, 3.63) is 94.5 Å². The first kappa shape index (κ1) is 31.4. The molecule has 0 radical (unpaired) electrons. The third kappa shape index (κ3) is 7.05. The molecule has 9 nitrogen and oxygen atoms in total. The SMILES string of the molecule is C#Cc1cccc(Nc2nc(Nc3cccc(NS(=O)(=O)c4ccc(C(F)(F)F)cc4Br)c3)nc3cc(OC)c(OC)cc23)c1. The highest BCUT2D eigenvalue weighted by molar-refractivity contribution is 9.10. The molecule has 0 aliphatic heterocycles. The minimum atomic E-state index is -4.62. The molecule has 230 valence electrons. The minimum Gasteiger partial charge on any atom is -0.493 e. The van der Waals surface area contributed by atoms with Gasteiger partial charge in [-0.25, -0.2) is 13.4 Å². The van der Waals surface area contributed by atoms with Gasteiger partial charge in [0, 0.05) is 32.9 Å². The van der Waals surface area contributed by atoms with Crippen molar-refractivity contribution in [1.29, 1.82) is 0 Å². The van der Waals surface area contributed by atoms with Gasteiger partial charge in [0.1, 0.15) is 10.7 Å². The molecule has 0 saturated heterocycles. The molecule has 5 aromatic rings. The second-order valence-electron chi connectivity index (χ2n) is 9.42. The number of ether oxygens (including phenoxy) is 2. The summed E-state index contributed by atoms with van der Waals surface area (Å²) in [4.78, 5) is 8.91. The Bertz CT molecular complexity index is 2070. The van der Waals surface area contributed by atoms with Gasteiger partial charge in [-0.2, -0.15) is 18.2 Å². The number of methoxy groups -OCH3 is 2. The fourth-order valence-corrected chi connectivity index (χ4v) is 6.45. The molecule has 1 heterocycles. The molecule has 0 saturated carbocycles. The third-order valence-electron chi connectivity index (χ3n) is 6.41. The zero-order chi connectivity index (χ0) is 32.4. The first-order valence-corrected chi connectivity index (χ1v) is 15.2. The number of fused-ring (bicyclic) bond motifs is 1. The van der Waals surface area contributed by atoms with Crippen LogP contribution in [0, 0.1) is 12.3 Å². The molecule has 0 amide bonds. The van der Waals surface area contributed by atoms with Crippen LogP contribution < -0.4 is 24.8 Å². The van der Waals surface area contributed by atoms with Gasteiger partial charge in [0.25, 0.3) is 10.0 Å². The summed E-state index contributed by atoms with van der Waals surface area (Å²) in [6.07, 6.45) is 0.941. The lowest BCUT2D eigenvalue weighted by Gasteiger charge is -2.15. The molecule has 0 aliphatic carbocycles. The number of nitrogens with zero attached hydrogens (tertiary/aromatic N) is 2. The highest BCUT2D eigenvalue weighted by Gasteiger charge is 2.32. The van der Waals surface area contributed by atoms with Gasteiger partial charge in [-0.05, 0) is 76.6 Å². The zero-order valence-electron chi connectivity index (χ0n) is 23.5. The lowest BCUT2D eigenvalue weighted by Crippen LogP contribution is -2.14. The number of halogens is 4. The van der Waals surface area contributed by atoms with E-state index in [9.17, 15) is 21.6 Å². The lowest BCUT2D eigenvalue weighted by atomic mass is 10.2. The summed E-state index contributed by atoms with van der Waals surface area (Å²) in [5.41, 5.74) is 1.43. The van der Waals surface area contributed by atoms with Gasteiger partial charge in [-0.15, -0.1) is 6.42 Å². The van der Waals surface area contributed by atoms with E-state index in [1.54, 1.807) is 42.5 Å². The second kappa shape index (κ2) is 12.5. The van der Waals surface area contributed by atoms with Crippen LogP contribution in [0.5, 0.6) is 11.5 Å². The molecular formula is C31H23BrF3N5O4S. The van der Waals surface area contributed by atoms with Crippen LogP contribution in [0.2, 0.25) is 0 Å².